The van der Waals surface area contributed by atoms with Crippen LogP contribution < -0.4 is 5.32 Å². The molecule has 0 spiro atoms. The van der Waals surface area contributed by atoms with Gasteiger partial charge in [-0.2, -0.15) is 0 Å². The van der Waals surface area contributed by atoms with E-state index < -0.39 is 0 Å². The minimum absolute atomic E-state index is 0.868. The summed E-state index contributed by atoms with van der Waals surface area (Å²) in [5.74, 6) is 0. The van der Waals surface area contributed by atoms with Crippen molar-refractivity contribution >= 4 is 22.4 Å². The van der Waals surface area contributed by atoms with Gasteiger partial charge in [0, 0.05) is 17.3 Å². The molecule has 0 fully saturated rings. The second-order valence-corrected chi connectivity index (χ2v) is 5.30. The molecule has 19 heavy (non-hydrogen) atoms. The van der Waals surface area contributed by atoms with E-state index in [0.29, 0.717) is 0 Å². The highest BCUT2D eigenvalue weighted by Crippen LogP contribution is 2.27. The van der Waals surface area contributed by atoms with Gasteiger partial charge in [-0.25, -0.2) is 0 Å². The number of hydrogen-bond acceptors (Lipinski definition) is 1. The molecule has 0 amide bonds. The Kier molecular flexibility index (Phi) is 4.49. The zero-order valence-electron chi connectivity index (χ0n) is 11.6. The lowest BCUT2D eigenvalue weighted by Crippen LogP contribution is -2.14. The van der Waals surface area contributed by atoms with Crippen LogP contribution in [0.3, 0.4) is 0 Å². The Balaban J connectivity index is 2.35. The third kappa shape index (κ3) is 3.30. The van der Waals surface area contributed by atoms with E-state index in [0.717, 1.165) is 30.1 Å². The molecule has 0 saturated carbocycles. The molecule has 100 valence electrons. The van der Waals surface area contributed by atoms with Gasteiger partial charge < -0.3 is 5.32 Å². The Labute approximate surface area is 120 Å². The second kappa shape index (κ2) is 6.12. The fourth-order valence-electron chi connectivity index (χ4n) is 2.31. The molecule has 0 aromatic heterocycles. The lowest BCUT2D eigenvalue weighted by molar-refractivity contribution is 0.794. The molecule has 1 N–H and O–H groups in total. The first kappa shape index (κ1) is 14.0. The van der Waals surface area contributed by atoms with Gasteiger partial charge in [0.25, 0.3) is 0 Å². The van der Waals surface area contributed by atoms with Crippen LogP contribution in [-0.4, -0.2) is 6.54 Å². The quantitative estimate of drug-likeness (QED) is 0.831. The summed E-state index contributed by atoms with van der Waals surface area (Å²) >= 11 is 6.28. The molecule has 2 rings (SSSR count). The normalized spacial score (nSPS) is 10.7. The van der Waals surface area contributed by atoms with Gasteiger partial charge in [0.2, 0.25) is 0 Å². The largest absolute Gasteiger partial charge is 0.389 e. The van der Waals surface area contributed by atoms with Crippen LogP contribution in [0.25, 0.3) is 10.8 Å². The maximum atomic E-state index is 6.28. The Morgan fingerprint density at radius 3 is 2.74 bits per heavy atom. The van der Waals surface area contributed by atoms with E-state index in [4.69, 9.17) is 11.6 Å². The maximum Gasteiger partial charge on any atom is 0.0444 e. The highest BCUT2D eigenvalue weighted by molar-refractivity contribution is 6.32. The van der Waals surface area contributed by atoms with Crippen molar-refractivity contribution < 1.29 is 0 Å². The molecule has 0 radical (unpaired) electrons. The summed E-state index contributed by atoms with van der Waals surface area (Å²) in [6.07, 6.45) is 1.96. The number of allylic oxidation sites excluding steroid dienone is 1. The van der Waals surface area contributed by atoms with Crippen LogP contribution in [0.15, 0.2) is 42.6 Å². The molecule has 0 aliphatic rings. The van der Waals surface area contributed by atoms with Gasteiger partial charge in [0.05, 0.1) is 0 Å². The fraction of sp³-hybridized carbons (Fsp3) is 0.294. The van der Waals surface area contributed by atoms with E-state index in [9.17, 15) is 0 Å². The summed E-state index contributed by atoms with van der Waals surface area (Å²) in [4.78, 5) is 0. The monoisotopic (exact) mass is 273 g/mol. The van der Waals surface area contributed by atoms with Crippen LogP contribution in [0.2, 0.25) is 5.02 Å². The van der Waals surface area contributed by atoms with E-state index in [1.165, 1.54) is 21.9 Å². The highest BCUT2D eigenvalue weighted by Gasteiger charge is 2.05. The van der Waals surface area contributed by atoms with Crippen molar-refractivity contribution in [1.82, 2.24) is 5.32 Å². The lowest BCUT2D eigenvalue weighted by atomic mass is 9.99. The Hall–Kier alpha value is -1.47. The van der Waals surface area contributed by atoms with E-state index in [2.05, 4.69) is 49.2 Å². The average Bonchev–Trinajstić information content (AvgIpc) is 2.37. The number of benzene rings is 2. The Morgan fingerprint density at radius 2 is 2.05 bits per heavy atom. The van der Waals surface area contributed by atoms with Crippen LogP contribution in [-0.2, 0) is 12.8 Å². The molecular weight excluding hydrogens is 254 g/mol. The van der Waals surface area contributed by atoms with Crippen molar-refractivity contribution in [2.75, 3.05) is 6.54 Å². The minimum Gasteiger partial charge on any atom is -0.389 e. The summed E-state index contributed by atoms with van der Waals surface area (Å²) in [5, 5.41) is 6.68. The summed E-state index contributed by atoms with van der Waals surface area (Å²) in [5.41, 5.74) is 3.59. The number of rotatable bonds is 5. The molecule has 0 aliphatic heterocycles. The average molecular weight is 274 g/mol. The predicted octanol–water partition coefficient (Wildman–Crippen LogP) is 4.72. The first-order valence-corrected chi connectivity index (χ1v) is 7.09. The summed E-state index contributed by atoms with van der Waals surface area (Å²) in [6.45, 7) is 8.90. The summed E-state index contributed by atoms with van der Waals surface area (Å²) < 4.78 is 0. The molecule has 1 nitrogen and oxygen atoms in total. The number of hydrogen-bond donors (Lipinski definition) is 1. The fourth-order valence-corrected chi connectivity index (χ4v) is 2.61. The number of fused-ring (bicyclic) bond motifs is 1. The van der Waals surface area contributed by atoms with Crippen LogP contribution >= 0.6 is 11.6 Å². The molecule has 2 heteroatoms. The second-order valence-electron chi connectivity index (χ2n) is 4.89. The summed E-state index contributed by atoms with van der Waals surface area (Å²) in [7, 11) is 0. The van der Waals surface area contributed by atoms with E-state index >= 15 is 0 Å². The van der Waals surface area contributed by atoms with Crippen molar-refractivity contribution in [3.8, 4) is 0 Å². The minimum atomic E-state index is 0.868. The molecule has 0 aliphatic carbocycles. The third-order valence-corrected chi connectivity index (χ3v) is 3.69. The van der Waals surface area contributed by atoms with Crippen LogP contribution in [0, 0.1) is 0 Å². The Morgan fingerprint density at radius 1 is 1.26 bits per heavy atom. The number of aryl methyl sites for hydroxylation is 1. The van der Waals surface area contributed by atoms with Crippen molar-refractivity contribution in [3.63, 3.8) is 0 Å². The zero-order valence-corrected chi connectivity index (χ0v) is 12.3. The van der Waals surface area contributed by atoms with Gasteiger partial charge in [0.1, 0.15) is 0 Å². The van der Waals surface area contributed by atoms with Gasteiger partial charge in [-0.3, -0.25) is 0 Å². The van der Waals surface area contributed by atoms with Gasteiger partial charge in [-0.05, 0) is 53.8 Å². The van der Waals surface area contributed by atoms with Gasteiger partial charge in [-0.15, -0.1) is 0 Å². The standard InChI is InChI=1S/C17H20ClN/c1-4-13-10-16-14(8-9-19-12(2)3)6-5-7-15(16)11-17(13)18/h5-7,10-11,19H,2,4,8-9H2,1,3H3. The molecule has 0 unspecified atom stereocenters. The van der Waals surface area contributed by atoms with E-state index in [-0.39, 0.29) is 0 Å². The first-order valence-electron chi connectivity index (χ1n) is 6.71. The lowest BCUT2D eigenvalue weighted by Gasteiger charge is -2.11. The molecule has 0 atom stereocenters. The number of nitrogens with one attached hydrogen (secondary N) is 1. The smallest absolute Gasteiger partial charge is 0.0444 e. The molecule has 0 saturated heterocycles. The molecule has 2 aromatic carbocycles. The number of halogens is 1. The Bertz CT molecular complexity index is 601. The third-order valence-electron chi connectivity index (χ3n) is 3.34. The van der Waals surface area contributed by atoms with Crippen LogP contribution in [0.1, 0.15) is 25.0 Å². The first-order chi connectivity index (χ1) is 9.11. The summed E-state index contributed by atoms with van der Waals surface area (Å²) in [6, 6.07) is 10.7. The van der Waals surface area contributed by atoms with Crippen molar-refractivity contribution in [2.45, 2.75) is 26.7 Å². The van der Waals surface area contributed by atoms with Crippen molar-refractivity contribution in [2.24, 2.45) is 0 Å². The van der Waals surface area contributed by atoms with Crippen LogP contribution in [0.5, 0.6) is 0 Å². The molecule has 0 bridgehead atoms. The van der Waals surface area contributed by atoms with Gasteiger partial charge in [0.15, 0.2) is 0 Å². The van der Waals surface area contributed by atoms with Gasteiger partial charge >= 0.3 is 0 Å². The van der Waals surface area contributed by atoms with Gasteiger partial charge in [-0.1, -0.05) is 43.3 Å². The maximum absolute atomic E-state index is 6.28. The topological polar surface area (TPSA) is 12.0 Å². The van der Waals surface area contributed by atoms with Crippen molar-refractivity contribution in [3.05, 3.63) is 58.8 Å². The molecular formula is C17H20ClN. The molecule has 0 heterocycles. The SMILES string of the molecule is C=C(C)NCCc1cccc2cc(Cl)c(CC)cc12. The van der Waals surface area contributed by atoms with E-state index in [1.807, 2.05) is 6.92 Å². The van der Waals surface area contributed by atoms with Crippen LogP contribution in [0.4, 0.5) is 0 Å². The predicted molar refractivity (Wildman–Crippen MR) is 84.9 cm³/mol. The zero-order chi connectivity index (χ0) is 13.8. The molecule has 2 aromatic rings. The van der Waals surface area contributed by atoms with E-state index in [1.54, 1.807) is 0 Å². The highest BCUT2D eigenvalue weighted by atomic mass is 35.5. The van der Waals surface area contributed by atoms with Crippen molar-refractivity contribution in [1.29, 1.82) is 0 Å².